The molecule has 0 unspecified atom stereocenters. The lowest BCUT2D eigenvalue weighted by atomic mass is 10.2. The average Bonchev–Trinajstić information content (AvgIpc) is 2.65. The van der Waals surface area contributed by atoms with Crippen LogP contribution in [0.1, 0.15) is 17.4 Å². The molecule has 1 heterocycles. The van der Waals surface area contributed by atoms with Crippen molar-refractivity contribution in [1.82, 2.24) is 9.97 Å². The number of benzene rings is 2. The lowest BCUT2D eigenvalue weighted by Crippen LogP contribution is -2.15. The van der Waals surface area contributed by atoms with Crippen LogP contribution in [0.25, 0.3) is 0 Å². The molecule has 2 aromatic carbocycles. The molecule has 9 heteroatoms. The summed E-state index contributed by atoms with van der Waals surface area (Å²) in [6.07, 6.45) is 1.29. The minimum atomic E-state index is -0.812. The van der Waals surface area contributed by atoms with Crippen molar-refractivity contribution in [3.63, 3.8) is 0 Å². The second kappa shape index (κ2) is 8.21. The average molecular weight is 383 g/mol. The Morgan fingerprint density at radius 2 is 1.57 bits per heavy atom. The first-order chi connectivity index (χ1) is 13.4. The molecular weight excluding hydrogens is 368 g/mol. The van der Waals surface area contributed by atoms with Crippen LogP contribution in [-0.2, 0) is 4.79 Å². The number of halogens is 2. The zero-order valence-electron chi connectivity index (χ0n) is 14.7. The van der Waals surface area contributed by atoms with Crippen LogP contribution in [0.2, 0.25) is 0 Å². The van der Waals surface area contributed by atoms with Crippen molar-refractivity contribution in [2.45, 2.75) is 6.92 Å². The van der Waals surface area contributed by atoms with Gasteiger partial charge in [-0.2, -0.15) is 0 Å². The van der Waals surface area contributed by atoms with Crippen LogP contribution in [0.4, 0.5) is 31.8 Å². The molecule has 0 bridgehead atoms. The van der Waals surface area contributed by atoms with E-state index in [9.17, 15) is 18.4 Å². The first-order valence-electron chi connectivity index (χ1n) is 8.15. The van der Waals surface area contributed by atoms with E-state index in [4.69, 9.17) is 0 Å². The number of amides is 2. The zero-order valence-corrected chi connectivity index (χ0v) is 14.7. The van der Waals surface area contributed by atoms with Crippen LogP contribution in [0.15, 0.2) is 54.7 Å². The van der Waals surface area contributed by atoms with E-state index in [1.807, 2.05) is 0 Å². The van der Waals surface area contributed by atoms with Crippen LogP contribution in [0.3, 0.4) is 0 Å². The molecule has 3 aromatic rings. The van der Waals surface area contributed by atoms with Crippen molar-refractivity contribution in [1.29, 1.82) is 0 Å². The molecule has 0 aliphatic heterocycles. The van der Waals surface area contributed by atoms with Gasteiger partial charge in [-0.25, -0.2) is 18.7 Å². The monoisotopic (exact) mass is 383 g/mol. The van der Waals surface area contributed by atoms with Crippen molar-refractivity contribution < 1.29 is 18.4 Å². The Balaban J connectivity index is 1.76. The van der Waals surface area contributed by atoms with Gasteiger partial charge in [0.1, 0.15) is 23.0 Å². The van der Waals surface area contributed by atoms with E-state index in [-0.39, 0.29) is 17.5 Å². The van der Waals surface area contributed by atoms with Crippen LogP contribution in [0, 0.1) is 11.6 Å². The fourth-order valence-corrected chi connectivity index (χ4v) is 2.35. The highest BCUT2D eigenvalue weighted by atomic mass is 19.1. The Morgan fingerprint density at radius 3 is 2.25 bits per heavy atom. The molecule has 0 fully saturated rings. The molecule has 2 amide bonds. The molecule has 3 N–H and O–H groups in total. The number of hydrogen-bond donors (Lipinski definition) is 3. The lowest BCUT2D eigenvalue weighted by molar-refractivity contribution is -0.114. The molecule has 0 aliphatic carbocycles. The predicted molar refractivity (Wildman–Crippen MR) is 100 cm³/mol. The van der Waals surface area contributed by atoms with Gasteiger partial charge in [-0.05, 0) is 36.4 Å². The quantitative estimate of drug-likeness (QED) is 0.624. The van der Waals surface area contributed by atoms with E-state index in [1.165, 1.54) is 25.3 Å². The van der Waals surface area contributed by atoms with Gasteiger partial charge < -0.3 is 16.0 Å². The maximum atomic E-state index is 13.7. The minimum absolute atomic E-state index is 0.0147. The number of rotatable bonds is 5. The molecule has 0 spiro atoms. The topological polar surface area (TPSA) is 96.0 Å². The molecule has 0 aliphatic rings. The molecule has 0 radical (unpaired) electrons. The first-order valence-corrected chi connectivity index (χ1v) is 8.15. The van der Waals surface area contributed by atoms with Crippen LogP contribution < -0.4 is 16.0 Å². The summed E-state index contributed by atoms with van der Waals surface area (Å²) < 4.78 is 27.5. The van der Waals surface area contributed by atoms with E-state index in [0.29, 0.717) is 11.4 Å². The standard InChI is InChI=1S/C19H15F2N5O2/c1-11(27)23-12-4-2-5-13(10-12)24-18(28)16-8-9-22-19(25-16)26-17-14(20)6-3-7-15(17)21/h2-10H,1H3,(H,23,27)(H,24,28)(H,22,25,26). The third-order valence-electron chi connectivity index (χ3n) is 3.53. The summed E-state index contributed by atoms with van der Waals surface area (Å²) in [5.74, 6) is -2.56. The van der Waals surface area contributed by atoms with E-state index in [0.717, 1.165) is 12.1 Å². The number of nitrogens with zero attached hydrogens (tertiary/aromatic N) is 2. The second-order valence-corrected chi connectivity index (χ2v) is 5.70. The molecular formula is C19H15F2N5O2. The molecule has 142 valence electrons. The fraction of sp³-hybridized carbons (Fsp3) is 0.0526. The van der Waals surface area contributed by atoms with Gasteiger partial charge in [0.2, 0.25) is 11.9 Å². The molecule has 0 saturated heterocycles. The Bertz CT molecular complexity index is 1020. The van der Waals surface area contributed by atoms with E-state index in [1.54, 1.807) is 24.3 Å². The number of hydrogen-bond acceptors (Lipinski definition) is 5. The van der Waals surface area contributed by atoms with E-state index in [2.05, 4.69) is 25.9 Å². The highest BCUT2D eigenvalue weighted by Crippen LogP contribution is 2.21. The number of carbonyl (C=O) groups is 2. The van der Waals surface area contributed by atoms with Crippen molar-refractivity contribution in [3.8, 4) is 0 Å². The normalized spacial score (nSPS) is 10.2. The first kappa shape index (κ1) is 18.9. The van der Waals surface area contributed by atoms with Crippen LogP contribution in [-0.4, -0.2) is 21.8 Å². The van der Waals surface area contributed by atoms with Crippen molar-refractivity contribution >= 4 is 34.8 Å². The maximum absolute atomic E-state index is 13.7. The smallest absolute Gasteiger partial charge is 0.274 e. The lowest BCUT2D eigenvalue weighted by Gasteiger charge is -2.09. The summed E-state index contributed by atoms with van der Waals surface area (Å²) in [6.45, 7) is 1.37. The van der Waals surface area contributed by atoms with Gasteiger partial charge in [-0.15, -0.1) is 0 Å². The minimum Gasteiger partial charge on any atom is -0.326 e. The highest BCUT2D eigenvalue weighted by Gasteiger charge is 2.13. The molecule has 28 heavy (non-hydrogen) atoms. The number of para-hydroxylation sites is 1. The summed E-state index contributed by atoms with van der Waals surface area (Å²) in [7, 11) is 0. The fourth-order valence-electron chi connectivity index (χ4n) is 2.35. The van der Waals surface area contributed by atoms with Gasteiger partial charge in [-0.3, -0.25) is 9.59 Å². The number of anilines is 4. The van der Waals surface area contributed by atoms with Crippen LogP contribution in [0.5, 0.6) is 0 Å². The van der Waals surface area contributed by atoms with Crippen molar-refractivity contribution in [2.75, 3.05) is 16.0 Å². The van der Waals surface area contributed by atoms with Gasteiger partial charge in [-0.1, -0.05) is 12.1 Å². The largest absolute Gasteiger partial charge is 0.326 e. The Kier molecular flexibility index (Phi) is 5.54. The van der Waals surface area contributed by atoms with Gasteiger partial charge >= 0.3 is 0 Å². The third-order valence-corrected chi connectivity index (χ3v) is 3.53. The highest BCUT2D eigenvalue weighted by molar-refractivity contribution is 6.03. The second-order valence-electron chi connectivity index (χ2n) is 5.70. The maximum Gasteiger partial charge on any atom is 0.274 e. The van der Waals surface area contributed by atoms with Gasteiger partial charge in [0.15, 0.2) is 0 Å². The summed E-state index contributed by atoms with van der Waals surface area (Å²) in [4.78, 5) is 31.4. The number of aromatic nitrogens is 2. The van der Waals surface area contributed by atoms with Crippen molar-refractivity contribution in [3.05, 3.63) is 72.1 Å². The molecule has 0 saturated carbocycles. The Labute approximate surface area is 158 Å². The van der Waals surface area contributed by atoms with Gasteiger partial charge in [0.05, 0.1) is 0 Å². The summed E-state index contributed by atoms with van der Waals surface area (Å²) in [5.41, 5.74) is 0.525. The van der Waals surface area contributed by atoms with Crippen LogP contribution >= 0.6 is 0 Å². The number of nitrogens with one attached hydrogen (secondary N) is 3. The number of carbonyl (C=O) groups excluding carboxylic acids is 2. The van der Waals surface area contributed by atoms with E-state index >= 15 is 0 Å². The zero-order chi connectivity index (χ0) is 20.1. The van der Waals surface area contributed by atoms with Gasteiger partial charge in [0.25, 0.3) is 5.91 Å². The summed E-state index contributed by atoms with van der Waals surface area (Å²) >= 11 is 0. The SMILES string of the molecule is CC(=O)Nc1cccc(NC(=O)c2ccnc(Nc3c(F)cccc3F)n2)c1. The van der Waals surface area contributed by atoms with Gasteiger partial charge in [0, 0.05) is 24.5 Å². The Hall–Kier alpha value is -3.88. The molecule has 1 aromatic heterocycles. The molecule has 0 atom stereocenters. The van der Waals surface area contributed by atoms with Crippen molar-refractivity contribution in [2.24, 2.45) is 0 Å². The third kappa shape index (κ3) is 4.64. The Morgan fingerprint density at radius 1 is 0.929 bits per heavy atom. The summed E-state index contributed by atoms with van der Waals surface area (Å²) in [5, 5.41) is 7.67. The molecule has 3 rings (SSSR count). The summed E-state index contributed by atoms with van der Waals surface area (Å²) in [6, 6.07) is 11.3. The molecule has 7 nitrogen and oxygen atoms in total. The predicted octanol–water partition coefficient (Wildman–Crippen LogP) is 3.71. The van der Waals surface area contributed by atoms with E-state index < -0.39 is 23.2 Å².